The molecule has 3 rings (SSSR count). The highest BCUT2D eigenvalue weighted by atomic mass is 32.2. The average molecular weight is 302 g/mol. The summed E-state index contributed by atoms with van der Waals surface area (Å²) in [5.41, 5.74) is 2.11. The molecule has 0 amide bonds. The highest BCUT2D eigenvalue weighted by Gasteiger charge is 2.17. The molecule has 3 aromatic rings. The van der Waals surface area contributed by atoms with E-state index in [2.05, 4.69) is 50.7 Å². The van der Waals surface area contributed by atoms with Crippen molar-refractivity contribution in [1.82, 2.24) is 29.9 Å². The van der Waals surface area contributed by atoms with Gasteiger partial charge in [0.2, 0.25) is 0 Å². The van der Waals surface area contributed by atoms with Crippen molar-refractivity contribution in [1.29, 1.82) is 0 Å². The second-order valence-corrected chi connectivity index (χ2v) is 6.77. The second-order valence-electron chi connectivity index (χ2n) is 5.79. The number of H-pyrrole nitrogens is 1. The Kier molecular flexibility index (Phi) is 3.69. The van der Waals surface area contributed by atoms with Crippen LogP contribution in [0.2, 0.25) is 0 Å². The lowest BCUT2D eigenvalue weighted by atomic mass is 10.1. The number of fused-ring (bicyclic) bond motifs is 1. The maximum atomic E-state index is 4.69. The summed E-state index contributed by atoms with van der Waals surface area (Å²) in [7, 11) is 0. The zero-order valence-electron chi connectivity index (χ0n) is 12.3. The van der Waals surface area contributed by atoms with E-state index in [1.807, 2.05) is 24.4 Å². The molecule has 0 aliphatic heterocycles. The van der Waals surface area contributed by atoms with Crippen molar-refractivity contribution in [3.63, 3.8) is 0 Å². The summed E-state index contributed by atoms with van der Waals surface area (Å²) >= 11 is 1.50. The van der Waals surface area contributed by atoms with Gasteiger partial charge in [0, 0.05) is 18.3 Å². The molecule has 0 atom stereocenters. The Morgan fingerprint density at radius 1 is 1.33 bits per heavy atom. The van der Waals surface area contributed by atoms with Crippen LogP contribution in [0.15, 0.2) is 40.9 Å². The maximum Gasteiger partial charge on any atom is 0.189 e. The number of nitrogens with one attached hydrogen (secondary N) is 2. The van der Waals surface area contributed by atoms with Crippen molar-refractivity contribution < 1.29 is 0 Å². The van der Waals surface area contributed by atoms with Crippen LogP contribution in [0.3, 0.4) is 0 Å². The Bertz CT molecular complexity index is 726. The summed E-state index contributed by atoms with van der Waals surface area (Å²) < 4.78 is 2.11. The zero-order chi connectivity index (χ0) is 14.9. The van der Waals surface area contributed by atoms with Gasteiger partial charge in [-0.05, 0) is 44.7 Å². The lowest BCUT2D eigenvalue weighted by Crippen LogP contribution is -2.35. The minimum atomic E-state index is 0.0487. The first kappa shape index (κ1) is 14.1. The third kappa shape index (κ3) is 3.25. The molecule has 0 saturated carbocycles. The second kappa shape index (κ2) is 5.50. The summed E-state index contributed by atoms with van der Waals surface area (Å²) in [6.07, 6.45) is 3.54. The quantitative estimate of drug-likeness (QED) is 0.775. The van der Waals surface area contributed by atoms with Gasteiger partial charge < -0.3 is 9.72 Å². The van der Waals surface area contributed by atoms with Crippen LogP contribution < -0.4 is 5.32 Å². The molecule has 2 N–H and O–H groups in total. The highest BCUT2D eigenvalue weighted by molar-refractivity contribution is 7.99. The molecule has 3 aromatic heterocycles. The third-order valence-corrected chi connectivity index (χ3v) is 3.87. The average Bonchev–Trinajstić information content (AvgIpc) is 3.03. The van der Waals surface area contributed by atoms with Crippen molar-refractivity contribution in [2.75, 3.05) is 0 Å². The molecule has 0 fully saturated rings. The molecule has 0 aliphatic carbocycles. The standard InChI is InChI=1S/C14H18N6S/c1-14(2,3)16-8-10-12(21-13-15-9-17-19-13)18-11-6-4-5-7-20(10)11/h4-7,9,16H,8H2,1-3H3,(H,15,17,19). The Morgan fingerprint density at radius 2 is 2.19 bits per heavy atom. The number of nitrogens with zero attached hydrogens (tertiary/aromatic N) is 4. The number of imidazole rings is 1. The Morgan fingerprint density at radius 3 is 2.90 bits per heavy atom. The van der Waals surface area contributed by atoms with E-state index in [1.54, 1.807) is 0 Å². The van der Waals surface area contributed by atoms with E-state index in [4.69, 9.17) is 0 Å². The topological polar surface area (TPSA) is 70.9 Å². The number of hydrogen-bond donors (Lipinski definition) is 2. The number of aromatic nitrogens is 5. The van der Waals surface area contributed by atoms with Crippen LogP contribution in [0, 0.1) is 0 Å². The van der Waals surface area contributed by atoms with E-state index in [0.717, 1.165) is 28.1 Å². The number of pyridine rings is 1. The largest absolute Gasteiger partial charge is 0.306 e. The lowest BCUT2D eigenvalue weighted by Gasteiger charge is -2.20. The van der Waals surface area contributed by atoms with Crippen LogP contribution in [-0.4, -0.2) is 30.1 Å². The fraction of sp³-hybridized carbons (Fsp3) is 0.357. The highest BCUT2D eigenvalue weighted by Crippen LogP contribution is 2.28. The normalized spacial score (nSPS) is 12.1. The van der Waals surface area contributed by atoms with Crippen LogP contribution >= 0.6 is 11.8 Å². The Hall–Kier alpha value is -1.86. The maximum absolute atomic E-state index is 4.69. The van der Waals surface area contributed by atoms with Gasteiger partial charge in [0.1, 0.15) is 17.0 Å². The van der Waals surface area contributed by atoms with E-state index in [9.17, 15) is 0 Å². The molecule has 0 unspecified atom stereocenters. The predicted octanol–water partition coefficient (Wildman–Crippen LogP) is 2.49. The number of aromatic amines is 1. The summed E-state index contributed by atoms with van der Waals surface area (Å²) in [5.74, 6) is 0. The van der Waals surface area contributed by atoms with E-state index >= 15 is 0 Å². The van der Waals surface area contributed by atoms with Gasteiger partial charge in [-0.15, -0.1) is 0 Å². The van der Waals surface area contributed by atoms with Crippen molar-refractivity contribution in [3.05, 3.63) is 36.4 Å². The van der Waals surface area contributed by atoms with Crippen molar-refractivity contribution in [2.45, 2.75) is 43.0 Å². The molecule has 0 bridgehead atoms. The Balaban J connectivity index is 1.97. The van der Waals surface area contributed by atoms with Gasteiger partial charge >= 0.3 is 0 Å². The number of hydrogen-bond acceptors (Lipinski definition) is 5. The molecule has 110 valence electrons. The number of rotatable bonds is 4. The molecule has 0 aliphatic rings. The first-order chi connectivity index (χ1) is 10.0. The van der Waals surface area contributed by atoms with E-state index in [0.29, 0.717) is 0 Å². The van der Waals surface area contributed by atoms with Gasteiger partial charge in [0.05, 0.1) is 5.69 Å². The molecule has 0 radical (unpaired) electrons. The SMILES string of the molecule is CC(C)(C)NCc1c(Sc2ncn[nH]2)nc2ccccn12. The van der Waals surface area contributed by atoms with Gasteiger partial charge in [0.25, 0.3) is 0 Å². The molecule has 6 nitrogen and oxygen atoms in total. The van der Waals surface area contributed by atoms with Crippen LogP contribution in [0.25, 0.3) is 5.65 Å². The third-order valence-electron chi connectivity index (χ3n) is 2.96. The smallest absolute Gasteiger partial charge is 0.189 e. The summed E-state index contributed by atoms with van der Waals surface area (Å²) in [6, 6.07) is 6.01. The summed E-state index contributed by atoms with van der Waals surface area (Å²) in [4.78, 5) is 8.84. The molecular formula is C14H18N6S. The molecular weight excluding hydrogens is 284 g/mol. The van der Waals surface area contributed by atoms with E-state index < -0.39 is 0 Å². The van der Waals surface area contributed by atoms with Crippen molar-refractivity contribution in [3.8, 4) is 0 Å². The van der Waals surface area contributed by atoms with Gasteiger partial charge in [-0.1, -0.05) is 6.07 Å². The van der Waals surface area contributed by atoms with Crippen molar-refractivity contribution >= 4 is 17.4 Å². The van der Waals surface area contributed by atoms with Crippen molar-refractivity contribution in [2.24, 2.45) is 0 Å². The molecule has 21 heavy (non-hydrogen) atoms. The van der Waals surface area contributed by atoms with Crippen LogP contribution in [0.5, 0.6) is 0 Å². The van der Waals surface area contributed by atoms with Crippen LogP contribution in [0.1, 0.15) is 26.5 Å². The molecule has 7 heteroatoms. The van der Waals surface area contributed by atoms with E-state index in [-0.39, 0.29) is 5.54 Å². The molecule has 3 heterocycles. The first-order valence-electron chi connectivity index (χ1n) is 6.77. The molecule has 0 spiro atoms. The van der Waals surface area contributed by atoms with Gasteiger partial charge in [-0.3, -0.25) is 5.10 Å². The van der Waals surface area contributed by atoms with Gasteiger partial charge in [-0.25, -0.2) is 9.97 Å². The zero-order valence-corrected chi connectivity index (χ0v) is 13.1. The predicted molar refractivity (Wildman–Crippen MR) is 82.3 cm³/mol. The van der Waals surface area contributed by atoms with Gasteiger partial charge in [0.15, 0.2) is 5.16 Å². The molecule has 0 saturated heterocycles. The summed E-state index contributed by atoms with van der Waals surface area (Å²) in [6.45, 7) is 7.20. The van der Waals surface area contributed by atoms with Crippen LogP contribution in [0.4, 0.5) is 0 Å². The molecule has 0 aromatic carbocycles. The monoisotopic (exact) mass is 302 g/mol. The first-order valence-corrected chi connectivity index (χ1v) is 7.59. The lowest BCUT2D eigenvalue weighted by molar-refractivity contribution is 0.418. The van der Waals surface area contributed by atoms with Gasteiger partial charge in [-0.2, -0.15) is 5.10 Å². The van der Waals surface area contributed by atoms with E-state index in [1.165, 1.54) is 18.1 Å². The fourth-order valence-electron chi connectivity index (χ4n) is 1.95. The Labute approximate surface area is 127 Å². The summed E-state index contributed by atoms with van der Waals surface area (Å²) in [5, 5.41) is 11.9. The van der Waals surface area contributed by atoms with Crippen LogP contribution in [-0.2, 0) is 6.54 Å². The minimum Gasteiger partial charge on any atom is -0.306 e. The fourth-order valence-corrected chi connectivity index (χ4v) is 2.76. The minimum absolute atomic E-state index is 0.0487.